The van der Waals surface area contributed by atoms with Crippen LogP contribution in [0.1, 0.15) is 30.2 Å². The Balaban J connectivity index is 1.55. The molecule has 0 saturated heterocycles. The molecule has 1 aromatic carbocycles. The van der Waals surface area contributed by atoms with Crippen LogP contribution in [0.25, 0.3) is 0 Å². The Bertz CT molecular complexity index is 576. The van der Waals surface area contributed by atoms with Gasteiger partial charge in [-0.25, -0.2) is 0 Å². The molecule has 0 spiro atoms. The minimum absolute atomic E-state index is 0.0354. The van der Waals surface area contributed by atoms with E-state index in [-0.39, 0.29) is 18.6 Å². The first kappa shape index (κ1) is 12.8. The molecule has 4 nitrogen and oxygen atoms in total. The molecular weight excluding hydrogens is 254 g/mol. The number of amides is 1. The topological polar surface area (TPSA) is 51.5 Å². The lowest BCUT2D eigenvalue weighted by Crippen LogP contribution is -2.34. The highest BCUT2D eigenvalue weighted by Gasteiger charge is 2.23. The first-order valence-corrected chi connectivity index (χ1v) is 6.86. The van der Waals surface area contributed by atoms with E-state index < -0.39 is 0 Å². The number of para-hydroxylation sites is 1. The highest BCUT2D eigenvalue weighted by atomic mass is 16.5. The molecule has 2 aromatic rings. The van der Waals surface area contributed by atoms with E-state index in [9.17, 15) is 4.79 Å². The molecule has 20 heavy (non-hydrogen) atoms. The van der Waals surface area contributed by atoms with Crippen LogP contribution in [0.3, 0.4) is 0 Å². The second kappa shape index (κ2) is 5.82. The third kappa shape index (κ3) is 2.85. The number of nitrogens with one attached hydrogen (secondary N) is 1. The van der Waals surface area contributed by atoms with Gasteiger partial charge in [-0.05, 0) is 31.0 Å². The van der Waals surface area contributed by atoms with Crippen molar-refractivity contribution >= 4 is 5.91 Å². The highest BCUT2D eigenvalue weighted by molar-refractivity contribution is 5.78. The van der Waals surface area contributed by atoms with Gasteiger partial charge in [-0.2, -0.15) is 0 Å². The van der Waals surface area contributed by atoms with Gasteiger partial charge >= 0.3 is 0 Å². The van der Waals surface area contributed by atoms with Crippen LogP contribution < -0.4 is 10.1 Å². The number of aryl methyl sites for hydroxylation is 1. The number of hydrogen-bond acceptors (Lipinski definition) is 3. The summed E-state index contributed by atoms with van der Waals surface area (Å²) in [7, 11) is 0. The Hall–Kier alpha value is -2.23. The van der Waals surface area contributed by atoms with Crippen molar-refractivity contribution in [1.82, 2.24) is 5.32 Å². The predicted molar refractivity (Wildman–Crippen MR) is 74.5 cm³/mol. The standard InChI is InChI=1S/C16H17NO3/c18-16(11-20-12-5-2-1-3-6-12)17-14-7-4-8-15-13(14)9-10-19-15/h1-3,5-6,9-10,14H,4,7-8,11H2,(H,17,18)/t14-/m0/s1. The number of carbonyl (C=O) groups is 1. The van der Waals surface area contributed by atoms with Gasteiger partial charge in [0.2, 0.25) is 0 Å². The molecule has 0 fully saturated rings. The normalized spacial score (nSPS) is 17.3. The third-order valence-electron chi connectivity index (χ3n) is 3.50. The number of rotatable bonds is 4. The smallest absolute Gasteiger partial charge is 0.258 e. The zero-order valence-electron chi connectivity index (χ0n) is 11.2. The Kier molecular flexibility index (Phi) is 3.72. The van der Waals surface area contributed by atoms with Crippen molar-refractivity contribution in [1.29, 1.82) is 0 Å². The summed E-state index contributed by atoms with van der Waals surface area (Å²) in [5.41, 5.74) is 1.10. The SMILES string of the molecule is O=C(COc1ccccc1)N[C@H]1CCCc2occc21. The van der Waals surface area contributed by atoms with E-state index in [1.54, 1.807) is 6.26 Å². The molecule has 1 atom stereocenters. The van der Waals surface area contributed by atoms with Gasteiger partial charge in [0.25, 0.3) is 5.91 Å². The molecule has 1 amide bonds. The lowest BCUT2D eigenvalue weighted by atomic mass is 9.93. The molecule has 3 rings (SSSR count). The van der Waals surface area contributed by atoms with Crippen LogP contribution in [-0.2, 0) is 11.2 Å². The fourth-order valence-corrected chi connectivity index (χ4v) is 2.54. The lowest BCUT2D eigenvalue weighted by Gasteiger charge is -2.22. The number of furan rings is 1. The summed E-state index contributed by atoms with van der Waals surface area (Å²) in [4.78, 5) is 11.9. The summed E-state index contributed by atoms with van der Waals surface area (Å²) in [5, 5.41) is 3.01. The van der Waals surface area contributed by atoms with Gasteiger partial charge in [0.05, 0.1) is 12.3 Å². The average molecular weight is 271 g/mol. The quantitative estimate of drug-likeness (QED) is 0.930. The molecule has 0 radical (unpaired) electrons. The van der Waals surface area contributed by atoms with E-state index in [2.05, 4.69) is 5.32 Å². The molecule has 0 bridgehead atoms. The van der Waals surface area contributed by atoms with E-state index in [0.717, 1.165) is 30.6 Å². The molecule has 4 heteroatoms. The largest absolute Gasteiger partial charge is 0.484 e. The molecule has 0 saturated carbocycles. The van der Waals surface area contributed by atoms with Crippen LogP contribution in [-0.4, -0.2) is 12.5 Å². The Morgan fingerprint density at radius 2 is 2.15 bits per heavy atom. The molecule has 104 valence electrons. The third-order valence-corrected chi connectivity index (χ3v) is 3.50. The van der Waals surface area contributed by atoms with E-state index in [0.29, 0.717) is 5.75 Å². The van der Waals surface area contributed by atoms with Crippen molar-refractivity contribution in [3.05, 3.63) is 54.0 Å². The van der Waals surface area contributed by atoms with Crippen molar-refractivity contribution in [2.75, 3.05) is 6.61 Å². The van der Waals surface area contributed by atoms with Gasteiger partial charge in [-0.1, -0.05) is 18.2 Å². The fraction of sp³-hybridized carbons (Fsp3) is 0.312. The maximum absolute atomic E-state index is 11.9. The van der Waals surface area contributed by atoms with Crippen molar-refractivity contribution in [2.45, 2.75) is 25.3 Å². The van der Waals surface area contributed by atoms with Crippen LogP contribution in [0.5, 0.6) is 5.75 Å². The highest BCUT2D eigenvalue weighted by Crippen LogP contribution is 2.30. The monoisotopic (exact) mass is 271 g/mol. The Labute approximate surface area is 117 Å². The molecule has 0 unspecified atom stereocenters. The van der Waals surface area contributed by atoms with Crippen molar-refractivity contribution in [2.24, 2.45) is 0 Å². The van der Waals surface area contributed by atoms with Gasteiger partial charge in [-0.15, -0.1) is 0 Å². The summed E-state index contributed by atoms with van der Waals surface area (Å²) in [6.45, 7) is 0.0354. The molecule has 1 heterocycles. The number of hydrogen-bond donors (Lipinski definition) is 1. The van der Waals surface area contributed by atoms with Crippen molar-refractivity contribution < 1.29 is 13.9 Å². The first-order chi connectivity index (χ1) is 9.83. The second-order valence-electron chi connectivity index (χ2n) is 4.91. The fourth-order valence-electron chi connectivity index (χ4n) is 2.54. The van der Waals surface area contributed by atoms with E-state index in [1.807, 2.05) is 36.4 Å². The predicted octanol–water partition coefficient (Wildman–Crippen LogP) is 2.85. The zero-order valence-corrected chi connectivity index (χ0v) is 11.2. The zero-order chi connectivity index (χ0) is 13.8. The van der Waals surface area contributed by atoms with Gasteiger partial charge in [0.1, 0.15) is 11.5 Å². The molecule has 1 aliphatic rings. The summed E-state index contributed by atoms with van der Waals surface area (Å²) >= 11 is 0. The molecule has 1 aliphatic carbocycles. The summed E-state index contributed by atoms with van der Waals surface area (Å²) in [6, 6.07) is 11.3. The first-order valence-electron chi connectivity index (χ1n) is 6.86. The van der Waals surface area contributed by atoms with Crippen LogP contribution >= 0.6 is 0 Å². The Morgan fingerprint density at radius 3 is 3.00 bits per heavy atom. The number of ether oxygens (including phenoxy) is 1. The van der Waals surface area contributed by atoms with E-state index in [1.165, 1.54) is 0 Å². The average Bonchev–Trinajstić information content (AvgIpc) is 2.96. The maximum Gasteiger partial charge on any atom is 0.258 e. The second-order valence-corrected chi connectivity index (χ2v) is 4.91. The molecule has 1 N–H and O–H groups in total. The van der Waals surface area contributed by atoms with Gasteiger partial charge in [0.15, 0.2) is 6.61 Å². The van der Waals surface area contributed by atoms with Gasteiger partial charge < -0.3 is 14.5 Å². The summed E-state index contributed by atoms with van der Waals surface area (Å²) in [5.74, 6) is 1.59. The lowest BCUT2D eigenvalue weighted by molar-refractivity contribution is -0.124. The van der Waals surface area contributed by atoms with E-state index >= 15 is 0 Å². The van der Waals surface area contributed by atoms with Crippen LogP contribution in [0.15, 0.2) is 47.1 Å². The summed E-state index contributed by atoms with van der Waals surface area (Å²) in [6.07, 6.45) is 4.62. The Morgan fingerprint density at radius 1 is 1.30 bits per heavy atom. The molecular formula is C16H17NO3. The van der Waals surface area contributed by atoms with Gasteiger partial charge in [-0.3, -0.25) is 4.79 Å². The van der Waals surface area contributed by atoms with E-state index in [4.69, 9.17) is 9.15 Å². The number of carbonyl (C=O) groups excluding carboxylic acids is 1. The van der Waals surface area contributed by atoms with Crippen LogP contribution in [0.2, 0.25) is 0 Å². The number of benzene rings is 1. The van der Waals surface area contributed by atoms with Crippen LogP contribution in [0, 0.1) is 0 Å². The van der Waals surface area contributed by atoms with Crippen molar-refractivity contribution in [3.63, 3.8) is 0 Å². The van der Waals surface area contributed by atoms with Crippen LogP contribution in [0.4, 0.5) is 0 Å². The molecule has 1 aromatic heterocycles. The van der Waals surface area contributed by atoms with Crippen molar-refractivity contribution in [3.8, 4) is 5.75 Å². The van der Waals surface area contributed by atoms with Gasteiger partial charge in [0, 0.05) is 12.0 Å². The minimum Gasteiger partial charge on any atom is -0.484 e. The minimum atomic E-state index is -0.104. The molecule has 0 aliphatic heterocycles. The summed E-state index contributed by atoms with van der Waals surface area (Å²) < 4.78 is 10.9. The number of fused-ring (bicyclic) bond motifs is 1. The maximum atomic E-state index is 11.9.